The molecule has 11 heavy (non-hydrogen) atoms. The summed E-state index contributed by atoms with van der Waals surface area (Å²) in [5.74, 6) is 0. The molecule has 0 heterocycles. The Morgan fingerprint density at radius 2 is 1.73 bits per heavy atom. The minimum atomic E-state index is 0.352. The van der Waals surface area contributed by atoms with Crippen molar-refractivity contribution in [2.24, 2.45) is 5.41 Å². The zero-order chi connectivity index (χ0) is 8.16. The van der Waals surface area contributed by atoms with Crippen LogP contribution in [0.5, 0.6) is 0 Å². The summed E-state index contributed by atoms with van der Waals surface area (Å²) in [7, 11) is 0. The topological polar surface area (TPSA) is 32.3 Å². The number of hydroxylamine groups is 1. The summed E-state index contributed by atoms with van der Waals surface area (Å²) in [5, 5.41) is 8.63. The summed E-state index contributed by atoms with van der Waals surface area (Å²) in [6, 6.07) is 0. The van der Waals surface area contributed by atoms with Crippen LogP contribution >= 0.6 is 0 Å². The van der Waals surface area contributed by atoms with Crippen molar-refractivity contribution in [3.63, 3.8) is 0 Å². The van der Waals surface area contributed by atoms with E-state index in [-0.39, 0.29) is 0 Å². The van der Waals surface area contributed by atoms with Crippen LogP contribution in [-0.4, -0.2) is 11.8 Å². The Hall–Kier alpha value is -0.0800. The van der Waals surface area contributed by atoms with E-state index in [0.29, 0.717) is 5.41 Å². The fourth-order valence-electron chi connectivity index (χ4n) is 1.95. The van der Waals surface area contributed by atoms with Gasteiger partial charge in [-0.2, -0.15) is 0 Å². The molecular weight excluding hydrogens is 138 g/mol. The second-order valence-corrected chi connectivity index (χ2v) is 4.06. The first kappa shape index (κ1) is 9.01. The first-order valence-corrected chi connectivity index (χ1v) is 4.64. The number of hydrogen-bond donors (Lipinski definition) is 2. The molecule has 0 radical (unpaired) electrons. The van der Waals surface area contributed by atoms with Gasteiger partial charge in [0, 0.05) is 6.54 Å². The summed E-state index contributed by atoms with van der Waals surface area (Å²) in [6.45, 7) is 3.02. The highest BCUT2D eigenvalue weighted by Crippen LogP contribution is 2.33. The molecule has 1 aliphatic rings. The predicted molar refractivity (Wildman–Crippen MR) is 45.6 cm³/mol. The molecule has 0 saturated heterocycles. The normalized spacial score (nSPS) is 24.5. The van der Waals surface area contributed by atoms with E-state index in [1.807, 2.05) is 0 Å². The van der Waals surface area contributed by atoms with Crippen LogP contribution < -0.4 is 5.48 Å². The molecule has 1 fully saturated rings. The molecule has 0 aliphatic heterocycles. The van der Waals surface area contributed by atoms with Gasteiger partial charge in [0.1, 0.15) is 0 Å². The summed E-state index contributed by atoms with van der Waals surface area (Å²) >= 11 is 0. The van der Waals surface area contributed by atoms with E-state index < -0.39 is 0 Å². The van der Waals surface area contributed by atoms with E-state index in [2.05, 4.69) is 12.4 Å². The third-order valence-corrected chi connectivity index (χ3v) is 2.82. The van der Waals surface area contributed by atoms with Gasteiger partial charge in [0.2, 0.25) is 0 Å². The highest BCUT2D eigenvalue weighted by molar-refractivity contribution is 4.77. The summed E-state index contributed by atoms with van der Waals surface area (Å²) in [6.07, 6.45) is 7.94. The summed E-state index contributed by atoms with van der Waals surface area (Å²) < 4.78 is 0. The quantitative estimate of drug-likeness (QED) is 0.476. The monoisotopic (exact) mass is 157 g/mol. The molecule has 2 N–H and O–H groups in total. The van der Waals surface area contributed by atoms with Crippen molar-refractivity contribution in [1.29, 1.82) is 0 Å². The Balaban J connectivity index is 2.38. The Kier molecular flexibility index (Phi) is 3.34. The van der Waals surface area contributed by atoms with Gasteiger partial charge < -0.3 is 5.21 Å². The third kappa shape index (κ3) is 2.80. The largest absolute Gasteiger partial charge is 0.317 e. The molecule has 0 amide bonds. The maximum absolute atomic E-state index is 8.63. The first-order chi connectivity index (χ1) is 5.27. The Morgan fingerprint density at radius 1 is 1.18 bits per heavy atom. The molecule has 0 bridgehead atoms. The van der Waals surface area contributed by atoms with Crippen LogP contribution in [0.25, 0.3) is 0 Å². The molecule has 66 valence electrons. The van der Waals surface area contributed by atoms with Crippen molar-refractivity contribution >= 4 is 0 Å². The lowest BCUT2D eigenvalue weighted by Gasteiger charge is -2.26. The van der Waals surface area contributed by atoms with Gasteiger partial charge in [-0.15, -0.1) is 0 Å². The van der Waals surface area contributed by atoms with Crippen molar-refractivity contribution in [1.82, 2.24) is 5.48 Å². The van der Waals surface area contributed by atoms with Gasteiger partial charge in [0.25, 0.3) is 0 Å². The fourth-order valence-corrected chi connectivity index (χ4v) is 1.95. The molecule has 0 unspecified atom stereocenters. The number of rotatable bonds is 2. The van der Waals surface area contributed by atoms with Crippen LogP contribution in [-0.2, 0) is 0 Å². The minimum absolute atomic E-state index is 0.352. The molecule has 1 aliphatic carbocycles. The molecule has 0 atom stereocenters. The maximum Gasteiger partial charge on any atom is 0.0261 e. The molecule has 2 heteroatoms. The average Bonchev–Trinajstić information content (AvgIpc) is 2.15. The van der Waals surface area contributed by atoms with Gasteiger partial charge >= 0.3 is 0 Å². The van der Waals surface area contributed by atoms with Gasteiger partial charge in [-0.1, -0.05) is 32.6 Å². The van der Waals surface area contributed by atoms with Gasteiger partial charge in [-0.3, -0.25) is 0 Å². The van der Waals surface area contributed by atoms with E-state index in [1.54, 1.807) is 0 Å². The second kappa shape index (κ2) is 4.07. The lowest BCUT2D eigenvalue weighted by atomic mass is 9.83. The minimum Gasteiger partial charge on any atom is -0.317 e. The van der Waals surface area contributed by atoms with Crippen LogP contribution in [0.1, 0.15) is 45.4 Å². The zero-order valence-electron chi connectivity index (χ0n) is 7.40. The van der Waals surface area contributed by atoms with Crippen molar-refractivity contribution < 1.29 is 5.21 Å². The molecule has 0 aromatic rings. The molecule has 0 aromatic heterocycles. The molecule has 1 saturated carbocycles. The van der Waals surface area contributed by atoms with Crippen molar-refractivity contribution in [3.8, 4) is 0 Å². The first-order valence-electron chi connectivity index (χ1n) is 4.64. The standard InChI is InChI=1S/C9H19NO/c1-9(8-10-11)6-4-2-3-5-7-9/h10-11H,2-8H2,1H3. The SMILES string of the molecule is CC1(CNO)CCCCCC1. The molecule has 1 rings (SSSR count). The van der Waals surface area contributed by atoms with E-state index in [0.717, 1.165) is 6.54 Å². The van der Waals surface area contributed by atoms with Crippen LogP contribution in [0.3, 0.4) is 0 Å². The smallest absolute Gasteiger partial charge is 0.0261 e. The van der Waals surface area contributed by atoms with E-state index >= 15 is 0 Å². The Morgan fingerprint density at radius 3 is 2.18 bits per heavy atom. The van der Waals surface area contributed by atoms with Gasteiger partial charge in [-0.05, 0) is 18.3 Å². The molecule has 0 spiro atoms. The van der Waals surface area contributed by atoms with E-state index in [4.69, 9.17) is 5.21 Å². The lowest BCUT2D eigenvalue weighted by Crippen LogP contribution is -2.29. The number of hydrogen-bond acceptors (Lipinski definition) is 2. The Bertz CT molecular complexity index is 106. The van der Waals surface area contributed by atoms with Crippen molar-refractivity contribution in [3.05, 3.63) is 0 Å². The zero-order valence-corrected chi connectivity index (χ0v) is 7.40. The van der Waals surface area contributed by atoms with Crippen LogP contribution in [0.15, 0.2) is 0 Å². The van der Waals surface area contributed by atoms with Gasteiger partial charge in [0.05, 0.1) is 0 Å². The predicted octanol–water partition coefficient (Wildman–Crippen LogP) is 2.33. The van der Waals surface area contributed by atoms with Gasteiger partial charge in [0.15, 0.2) is 0 Å². The average molecular weight is 157 g/mol. The van der Waals surface area contributed by atoms with Crippen LogP contribution in [0, 0.1) is 5.41 Å². The van der Waals surface area contributed by atoms with E-state index in [1.165, 1.54) is 38.5 Å². The lowest BCUT2D eigenvalue weighted by molar-refractivity contribution is 0.108. The second-order valence-electron chi connectivity index (χ2n) is 4.06. The molecule has 2 nitrogen and oxygen atoms in total. The van der Waals surface area contributed by atoms with E-state index in [9.17, 15) is 0 Å². The third-order valence-electron chi connectivity index (χ3n) is 2.82. The highest BCUT2D eigenvalue weighted by atomic mass is 16.5. The number of nitrogens with one attached hydrogen (secondary N) is 1. The van der Waals surface area contributed by atoms with Gasteiger partial charge in [-0.25, -0.2) is 5.48 Å². The maximum atomic E-state index is 8.63. The Labute approximate surface area is 69.0 Å². The summed E-state index contributed by atoms with van der Waals surface area (Å²) in [5.41, 5.74) is 2.66. The molecular formula is C9H19NO. The van der Waals surface area contributed by atoms with Crippen LogP contribution in [0.4, 0.5) is 0 Å². The van der Waals surface area contributed by atoms with Crippen LogP contribution in [0.2, 0.25) is 0 Å². The highest BCUT2D eigenvalue weighted by Gasteiger charge is 2.24. The van der Waals surface area contributed by atoms with Crippen molar-refractivity contribution in [2.75, 3.05) is 6.54 Å². The fraction of sp³-hybridized carbons (Fsp3) is 1.00. The summed E-state index contributed by atoms with van der Waals surface area (Å²) in [4.78, 5) is 0. The van der Waals surface area contributed by atoms with Crippen molar-refractivity contribution in [2.45, 2.75) is 45.4 Å². The molecule has 0 aromatic carbocycles.